The number of nitrogens with one attached hydrogen (secondary N) is 1. The molecule has 0 aliphatic carbocycles. The number of carbonyl (C=O) groups is 2. The first-order valence-corrected chi connectivity index (χ1v) is 12.3. The molecule has 9 heteroatoms. The zero-order valence-corrected chi connectivity index (χ0v) is 22.6. The lowest BCUT2D eigenvalue weighted by atomic mass is 9.92. The van der Waals surface area contributed by atoms with Crippen molar-refractivity contribution in [1.82, 2.24) is 4.90 Å². The standard InChI is InChI=1S/C29H31ClN4O4/c1-29(2,17-32)18-34(28(36)21-9-12-25(37-3)26(14-21)38-4)16-22-13-23(10-11-24(22)30)33-27(35)20-7-5-19(15-31)6-8-20/h5-14H,16-18,32H2,1-4H3,(H,33,35). The summed E-state index contributed by atoms with van der Waals surface area (Å²) in [7, 11) is 3.05. The highest BCUT2D eigenvalue weighted by Crippen LogP contribution is 2.30. The fourth-order valence-corrected chi connectivity index (χ4v) is 3.99. The summed E-state index contributed by atoms with van der Waals surface area (Å²) in [5.41, 5.74) is 8.12. The molecule has 3 rings (SSSR count). The number of methoxy groups -OCH3 is 2. The third-order valence-electron chi connectivity index (χ3n) is 6.03. The SMILES string of the molecule is COc1ccc(C(=O)N(Cc2cc(NC(=O)c3ccc(C#N)cc3)ccc2Cl)CC(C)(C)CN)cc1OC. The van der Waals surface area contributed by atoms with E-state index in [0.717, 1.165) is 0 Å². The fraction of sp³-hybridized carbons (Fsp3) is 0.276. The molecule has 0 bridgehead atoms. The molecule has 0 saturated carbocycles. The Morgan fingerprint density at radius 3 is 2.26 bits per heavy atom. The lowest BCUT2D eigenvalue weighted by molar-refractivity contribution is 0.0673. The van der Waals surface area contributed by atoms with E-state index >= 15 is 0 Å². The lowest BCUT2D eigenvalue weighted by Gasteiger charge is -2.32. The maximum Gasteiger partial charge on any atom is 0.255 e. The fourth-order valence-electron chi connectivity index (χ4n) is 3.81. The van der Waals surface area contributed by atoms with Crippen molar-refractivity contribution >= 4 is 29.1 Å². The van der Waals surface area contributed by atoms with Crippen molar-refractivity contribution in [2.24, 2.45) is 11.1 Å². The number of carbonyl (C=O) groups excluding carboxylic acids is 2. The second-order valence-corrected chi connectivity index (χ2v) is 9.96. The maximum atomic E-state index is 13.7. The smallest absolute Gasteiger partial charge is 0.255 e. The molecule has 198 valence electrons. The molecule has 0 aliphatic heterocycles. The van der Waals surface area contributed by atoms with Crippen LogP contribution >= 0.6 is 11.6 Å². The van der Waals surface area contributed by atoms with Gasteiger partial charge in [-0.25, -0.2) is 0 Å². The number of rotatable bonds is 10. The molecule has 3 aromatic rings. The minimum absolute atomic E-state index is 0.190. The number of amides is 2. The summed E-state index contributed by atoms with van der Waals surface area (Å²) in [4.78, 5) is 28.1. The number of hydrogen-bond acceptors (Lipinski definition) is 6. The normalized spacial score (nSPS) is 10.9. The van der Waals surface area contributed by atoms with Crippen molar-refractivity contribution < 1.29 is 19.1 Å². The van der Waals surface area contributed by atoms with Crippen LogP contribution in [0.4, 0.5) is 5.69 Å². The van der Waals surface area contributed by atoms with Gasteiger partial charge in [-0.05, 0) is 78.2 Å². The summed E-state index contributed by atoms with van der Waals surface area (Å²) < 4.78 is 10.7. The van der Waals surface area contributed by atoms with Crippen LogP contribution in [0.25, 0.3) is 0 Å². The van der Waals surface area contributed by atoms with Crippen molar-refractivity contribution in [2.45, 2.75) is 20.4 Å². The first-order chi connectivity index (χ1) is 18.1. The van der Waals surface area contributed by atoms with Crippen LogP contribution in [0.1, 0.15) is 45.7 Å². The maximum absolute atomic E-state index is 13.7. The molecule has 0 heterocycles. The summed E-state index contributed by atoms with van der Waals surface area (Å²) in [5.74, 6) is 0.412. The Kier molecular flexibility index (Phi) is 9.35. The first kappa shape index (κ1) is 28.5. The number of nitrogens with two attached hydrogens (primary N) is 1. The van der Waals surface area contributed by atoms with Crippen molar-refractivity contribution in [2.75, 3.05) is 32.6 Å². The van der Waals surface area contributed by atoms with Gasteiger partial charge in [0, 0.05) is 34.9 Å². The van der Waals surface area contributed by atoms with Crippen LogP contribution in [0, 0.1) is 16.7 Å². The molecule has 0 fully saturated rings. The Morgan fingerprint density at radius 1 is 1.00 bits per heavy atom. The molecule has 2 amide bonds. The van der Waals surface area contributed by atoms with Gasteiger partial charge in [0.05, 0.1) is 25.9 Å². The van der Waals surface area contributed by atoms with Gasteiger partial charge in [0.2, 0.25) is 0 Å². The van der Waals surface area contributed by atoms with E-state index in [2.05, 4.69) is 5.32 Å². The number of anilines is 1. The van der Waals surface area contributed by atoms with Crippen LogP contribution in [-0.4, -0.2) is 44.0 Å². The average Bonchev–Trinajstić information content (AvgIpc) is 2.93. The molecule has 8 nitrogen and oxygen atoms in total. The summed E-state index contributed by atoms with van der Waals surface area (Å²) in [6, 6.07) is 18.5. The van der Waals surface area contributed by atoms with Crippen LogP contribution in [0.2, 0.25) is 5.02 Å². The Labute approximate surface area is 227 Å². The highest BCUT2D eigenvalue weighted by molar-refractivity contribution is 6.31. The summed E-state index contributed by atoms with van der Waals surface area (Å²) in [6.45, 7) is 4.90. The number of hydrogen-bond donors (Lipinski definition) is 2. The van der Waals surface area contributed by atoms with Crippen LogP contribution in [0.15, 0.2) is 60.7 Å². The number of halogens is 1. The Balaban J connectivity index is 1.89. The van der Waals surface area contributed by atoms with Crippen LogP contribution in [0.3, 0.4) is 0 Å². The Hall–Kier alpha value is -4.06. The van der Waals surface area contributed by atoms with Gasteiger partial charge in [0.15, 0.2) is 11.5 Å². The Bertz CT molecular complexity index is 1350. The number of nitriles is 1. The second-order valence-electron chi connectivity index (χ2n) is 9.55. The number of benzene rings is 3. The topological polar surface area (TPSA) is 118 Å². The summed E-state index contributed by atoms with van der Waals surface area (Å²) in [6.07, 6.45) is 0. The van der Waals surface area contributed by atoms with E-state index in [1.807, 2.05) is 19.9 Å². The molecule has 0 spiro atoms. The van der Waals surface area contributed by atoms with E-state index in [4.69, 9.17) is 32.1 Å². The Morgan fingerprint density at radius 2 is 1.66 bits per heavy atom. The van der Waals surface area contributed by atoms with Gasteiger partial charge >= 0.3 is 0 Å². The molecule has 0 aliphatic rings. The molecular formula is C29H31ClN4O4. The van der Waals surface area contributed by atoms with Crippen molar-refractivity contribution in [3.05, 3.63) is 87.9 Å². The molecule has 0 aromatic heterocycles. The molecular weight excluding hydrogens is 504 g/mol. The summed E-state index contributed by atoms with van der Waals surface area (Å²) >= 11 is 6.53. The predicted octanol–water partition coefficient (Wildman–Crippen LogP) is 5.11. The van der Waals surface area contributed by atoms with E-state index in [9.17, 15) is 9.59 Å². The minimum Gasteiger partial charge on any atom is -0.493 e. The molecule has 3 N–H and O–H groups in total. The second kappa shape index (κ2) is 12.5. The van der Waals surface area contributed by atoms with Gasteiger partial charge in [-0.15, -0.1) is 0 Å². The van der Waals surface area contributed by atoms with E-state index in [-0.39, 0.29) is 23.8 Å². The largest absolute Gasteiger partial charge is 0.493 e. The van der Waals surface area contributed by atoms with Gasteiger partial charge in [0.25, 0.3) is 11.8 Å². The molecule has 3 aromatic carbocycles. The van der Waals surface area contributed by atoms with E-state index in [0.29, 0.717) is 57.6 Å². The molecule has 0 saturated heterocycles. The van der Waals surface area contributed by atoms with E-state index in [1.165, 1.54) is 14.2 Å². The van der Waals surface area contributed by atoms with Gasteiger partial charge in [0.1, 0.15) is 0 Å². The molecule has 0 unspecified atom stereocenters. The third-order valence-corrected chi connectivity index (χ3v) is 6.40. The van der Waals surface area contributed by atoms with Gasteiger partial charge in [-0.2, -0.15) is 5.26 Å². The van der Waals surface area contributed by atoms with Gasteiger partial charge < -0.3 is 25.4 Å². The quantitative estimate of drug-likeness (QED) is 0.373. The van der Waals surface area contributed by atoms with Crippen LogP contribution in [0.5, 0.6) is 11.5 Å². The molecule has 0 radical (unpaired) electrons. The van der Waals surface area contributed by atoms with Crippen LogP contribution in [-0.2, 0) is 6.54 Å². The monoisotopic (exact) mass is 534 g/mol. The summed E-state index contributed by atoms with van der Waals surface area (Å²) in [5, 5.41) is 12.3. The van der Waals surface area contributed by atoms with Crippen molar-refractivity contribution in [1.29, 1.82) is 5.26 Å². The highest BCUT2D eigenvalue weighted by atomic mass is 35.5. The number of nitrogens with zero attached hydrogens (tertiary/aromatic N) is 2. The van der Waals surface area contributed by atoms with Gasteiger partial charge in [-0.3, -0.25) is 9.59 Å². The van der Waals surface area contributed by atoms with Crippen LogP contribution < -0.4 is 20.5 Å². The van der Waals surface area contributed by atoms with Gasteiger partial charge in [-0.1, -0.05) is 25.4 Å². The predicted molar refractivity (Wildman–Crippen MR) is 148 cm³/mol. The molecule has 0 atom stereocenters. The third kappa shape index (κ3) is 7.03. The van der Waals surface area contributed by atoms with Crippen molar-refractivity contribution in [3.63, 3.8) is 0 Å². The zero-order chi connectivity index (χ0) is 27.9. The molecule has 38 heavy (non-hydrogen) atoms. The minimum atomic E-state index is -0.361. The highest BCUT2D eigenvalue weighted by Gasteiger charge is 2.26. The van der Waals surface area contributed by atoms with Crippen molar-refractivity contribution in [3.8, 4) is 17.6 Å². The number of ether oxygens (including phenoxy) is 2. The van der Waals surface area contributed by atoms with E-state index in [1.54, 1.807) is 65.6 Å². The average molecular weight is 535 g/mol. The zero-order valence-electron chi connectivity index (χ0n) is 21.9. The van der Waals surface area contributed by atoms with E-state index < -0.39 is 0 Å². The lowest BCUT2D eigenvalue weighted by Crippen LogP contribution is -2.41. The first-order valence-electron chi connectivity index (χ1n) is 11.9.